The molecule has 1 fully saturated rings. The Hall–Kier alpha value is -2.77. The maximum Gasteiger partial charge on any atom is 0.317 e. The van der Waals surface area contributed by atoms with Crippen molar-refractivity contribution in [2.75, 3.05) is 27.2 Å². The molecule has 1 heterocycles. The van der Waals surface area contributed by atoms with E-state index in [1.807, 2.05) is 36.1 Å². The molecule has 1 aliphatic rings. The van der Waals surface area contributed by atoms with Gasteiger partial charge in [-0.2, -0.15) is 0 Å². The topological polar surface area (TPSA) is 112 Å². The number of methoxy groups -OCH3 is 1. The van der Waals surface area contributed by atoms with E-state index < -0.39 is 0 Å². The number of carbonyl (C=O) groups is 2. The highest BCUT2D eigenvalue weighted by atomic mass is 16.5. The summed E-state index contributed by atoms with van der Waals surface area (Å²) in [6.45, 7) is 3.84. The number of nitrogens with two attached hydrogens (primary N) is 1. The molecule has 0 spiro atoms. The fourth-order valence-electron chi connectivity index (χ4n) is 3.41. The van der Waals surface area contributed by atoms with Gasteiger partial charge in [0.15, 0.2) is 5.96 Å². The van der Waals surface area contributed by atoms with Crippen LogP contribution < -0.4 is 15.8 Å². The molecule has 4 N–H and O–H groups in total. The van der Waals surface area contributed by atoms with Crippen LogP contribution in [0, 0.1) is 17.2 Å². The molecular weight excluding hydrogens is 358 g/mol. The zero-order valence-electron chi connectivity index (χ0n) is 16.9. The smallest absolute Gasteiger partial charge is 0.317 e. The summed E-state index contributed by atoms with van der Waals surface area (Å²) in [4.78, 5) is 27.7. The second kappa shape index (κ2) is 9.96. The molecule has 154 valence electrons. The van der Waals surface area contributed by atoms with Crippen molar-refractivity contribution in [3.8, 4) is 5.75 Å². The Labute approximate surface area is 166 Å². The monoisotopic (exact) mass is 389 g/mol. The first-order valence-electron chi connectivity index (χ1n) is 9.58. The van der Waals surface area contributed by atoms with Gasteiger partial charge in [0.25, 0.3) is 0 Å². The number of urea groups is 1. The fourth-order valence-corrected chi connectivity index (χ4v) is 3.41. The normalized spacial score (nSPS) is 17.5. The summed E-state index contributed by atoms with van der Waals surface area (Å²) in [5.74, 6) is 0.741. The van der Waals surface area contributed by atoms with Crippen molar-refractivity contribution in [3.05, 3.63) is 29.8 Å². The highest BCUT2D eigenvalue weighted by Gasteiger charge is 2.29. The Morgan fingerprint density at radius 3 is 2.68 bits per heavy atom. The number of piperidine rings is 1. The summed E-state index contributed by atoms with van der Waals surface area (Å²) in [5, 5.41) is 10.3. The van der Waals surface area contributed by atoms with Gasteiger partial charge in [-0.25, -0.2) is 4.79 Å². The number of nitrogens with one attached hydrogen (secondary N) is 2. The van der Waals surface area contributed by atoms with E-state index in [1.54, 1.807) is 7.11 Å². The largest absolute Gasteiger partial charge is 0.497 e. The van der Waals surface area contributed by atoms with Crippen molar-refractivity contribution in [2.24, 2.45) is 17.6 Å². The van der Waals surface area contributed by atoms with Crippen LogP contribution in [0.1, 0.15) is 31.7 Å². The first kappa shape index (κ1) is 21.5. The van der Waals surface area contributed by atoms with E-state index in [0.717, 1.165) is 30.7 Å². The van der Waals surface area contributed by atoms with Crippen LogP contribution in [0.3, 0.4) is 0 Å². The summed E-state index contributed by atoms with van der Waals surface area (Å²) < 4.78 is 5.14. The van der Waals surface area contributed by atoms with Gasteiger partial charge < -0.3 is 20.7 Å². The van der Waals surface area contributed by atoms with Gasteiger partial charge in [-0.1, -0.05) is 19.1 Å². The average Bonchev–Trinajstić information content (AvgIpc) is 2.71. The standard InChI is InChI=1S/C20H31N5O3/c1-14(11-18(26)24(2)19(21)22)16-5-4-10-25(13-16)20(27)23-12-15-6-8-17(28-3)9-7-15/h6-9,14,16H,4-5,10-13H2,1-3H3,(H3,21,22)(H,23,27)/t14-,16?/m1/s1. The van der Waals surface area contributed by atoms with Gasteiger partial charge in [0.2, 0.25) is 5.91 Å². The molecule has 8 nitrogen and oxygen atoms in total. The second-order valence-electron chi connectivity index (χ2n) is 7.37. The lowest BCUT2D eigenvalue weighted by Crippen LogP contribution is -2.47. The van der Waals surface area contributed by atoms with Crippen LogP contribution in [-0.2, 0) is 11.3 Å². The number of benzene rings is 1. The van der Waals surface area contributed by atoms with E-state index >= 15 is 0 Å². The number of rotatable bonds is 6. The molecule has 1 aliphatic heterocycles. The van der Waals surface area contributed by atoms with Crippen LogP contribution in [0.25, 0.3) is 0 Å². The Balaban J connectivity index is 1.84. The Kier molecular flexibility index (Phi) is 7.66. The Morgan fingerprint density at radius 2 is 2.07 bits per heavy atom. The predicted molar refractivity (Wildman–Crippen MR) is 108 cm³/mol. The number of carbonyl (C=O) groups excluding carboxylic acids is 2. The molecule has 0 radical (unpaired) electrons. The highest BCUT2D eigenvalue weighted by Crippen LogP contribution is 2.26. The van der Waals surface area contributed by atoms with Crippen LogP contribution in [0.15, 0.2) is 24.3 Å². The van der Waals surface area contributed by atoms with Crippen LogP contribution in [0.5, 0.6) is 5.75 Å². The van der Waals surface area contributed by atoms with Crippen molar-refractivity contribution in [1.29, 1.82) is 5.41 Å². The van der Waals surface area contributed by atoms with Gasteiger partial charge in [-0.3, -0.25) is 15.1 Å². The average molecular weight is 390 g/mol. The zero-order valence-corrected chi connectivity index (χ0v) is 16.9. The Bertz CT molecular complexity index is 692. The van der Waals surface area contributed by atoms with E-state index in [9.17, 15) is 9.59 Å². The summed E-state index contributed by atoms with van der Waals surface area (Å²) >= 11 is 0. The maximum absolute atomic E-state index is 12.6. The van der Waals surface area contributed by atoms with Gasteiger partial charge in [0.05, 0.1) is 7.11 Å². The maximum atomic E-state index is 12.6. The molecule has 0 bridgehead atoms. The number of hydrogen-bond acceptors (Lipinski definition) is 4. The summed E-state index contributed by atoms with van der Waals surface area (Å²) in [7, 11) is 3.13. The van der Waals surface area contributed by atoms with Gasteiger partial charge in [-0.15, -0.1) is 0 Å². The predicted octanol–water partition coefficient (Wildman–Crippen LogP) is 1.99. The molecule has 1 aromatic carbocycles. The van der Waals surface area contributed by atoms with E-state index in [1.165, 1.54) is 11.9 Å². The van der Waals surface area contributed by atoms with Crippen molar-refractivity contribution in [2.45, 2.75) is 32.7 Å². The van der Waals surface area contributed by atoms with Crippen molar-refractivity contribution in [1.82, 2.24) is 15.1 Å². The summed E-state index contributed by atoms with van der Waals surface area (Å²) in [5.41, 5.74) is 6.38. The van der Waals surface area contributed by atoms with Crippen LogP contribution in [0.2, 0.25) is 0 Å². The highest BCUT2D eigenvalue weighted by molar-refractivity contribution is 5.94. The lowest BCUT2D eigenvalue weighted by atomic mass is 9.84. The van der Waals surface area contributed by atoms with Crippen LogP contribution in [0.4, 0.5) is 4.79 Å². The lowest BCUT2D eigenvalue weighted by molar-refractivity contribution is -0.127. The van der Waals surface area contributed by atoms with Crippen molar-refractivity contribution in [3.63, 3.8) is 0 Å². The van der Waals surface area contributed by atoms with E-state index in [-0.39, 0.29) is 29.7 Å². The first-order valence-corrected chi connectivity index (χ1v) is 9.58. The molecule has 3 amide bonds. The van der Waals surface area contributed by atoms with E-state index in [0.29, 0.717) is 19.5 Å². The van der Waals surface area contributed by atoms with Crippen LogP contribution in [-0.4, -0.2) is 54.9 Å². The molecule has 8 heteroatoms. The number of likely N-dealkylation sites (tertiary alicyclic amines) is 1. The van der Waals surface area contributed by atoms with Gasteiger partial charge in [0, 0.05) is 33.1 Å². The second-order valence-corrected chi connectivity index (χ2v) is 7.37. The van der Waals surface area contributed by atoms with Crippen molar-refractivity contribution < 1.29 is 14.3 Å². The van der Waals surface area contributed by atoms with Crippen molar-refractivity contribution >= 4 is 17.9 Å². The Morgan fingerprint density at radius 1 is 1.39 bits per heavy atom. The molecule has 1 unspecified atom stereocenters. The lowest BCUT2D eigenvalue weighted by Gasteiger charge is -2.36. The molecule has 1 saturated heterocycles. The molecule has 1 aromatic rings. The van der Waals surface area contributed by atoms with E-state index in [2.05, 4.69) is 5.32 Å². The van der Waals surface area contributed by atoms with Gasteiger partial charge in [-0.05, 0) is 42.4 Å². The number of hydrogen-bond donors (Lipinski definition) is 3. The molecule has 28 heavy (non-hydrogen) atoms. The van der Waals surface area contributed by atoms with Crippen LogP contribution >= 0.6 is 0 Å². The first-order chi connectivity index (χ1) is 13.3. The summed E-state index contributed by atoms with van der Waals surface area (Å²) in [6, 6.07) is 7.51. The molecule has 0 aliphatic carbocycles. The molecule has 0 aromatic heterocycles. The van der Waals surface area contributed by atoms with E-state index in [4.69, 9.17) is 15.9 Å². The zero-order chi connectivity index (χ0) is 20.7. The summed E-state index contributed by atoms with van der Waals surface area (Å²) in [6.07, 6.45) is 2.23. The quantitative estimate of drug-likeness (QED) is 0.510. The minimum Gasteiger partial charge on any atom is -0.497 e. The number of ether oxygens (including phenoxy) is 1. The third-order valence-corrected chi connectivity index (χ3v) is 5.38. The van der Waals surface area contributed by atoms with Gasteiger partial charge in [0.1, 0.15) is 5.75 Å². The van der Waals surface area contributed by atoms with Gasteiger partial charge >= 0.3 is 6.03 Å². The molecule has 0 saturated carbocycles. The third-order valence-electron chi connectivity index (χ3n) is 5.38. The molecule has 2 rings (SSSR count). The number of guanidine groups is 1. The minimum absolute atomic E-state index is 0.0834. The number of nitrogens with zero attached hydrogens (tertiary/aromatic N) is 2. The molecular formula is C20H31N5O3. The molecule has 2 atom stereocenters. The SMILES string of the molecule is COc1ccc(CNC(=O)N2CCCC([C@H](C)CC(=O)N(C)C(=N)N)C2)cc1. The minimum atomic E-state index is -0.250. The number of amides is 3. The fraction of sp³-hybridized carbons (Fsp3) is 0.550. The third kappa shape index (κ3) is 5.87.